The quantitative estimate of drug-likeness (QED) is 0.429. The number of ether oxygens (including phenoxy) is 2. The minimum Gasteiger partial charge on any atom is -0.496 e. The van der Waals surface area contributed by atoms with E-state index in [1.807, 2.05) is 0 Å². The van der Waals surface area contributed by atoms with Gasteiger partial charge in [0.25, 0.3) is 5.91 Å². The molecule has 0 aliphatic heterocycles. The van der Waals surface area contributed by atoms with E-state index < -0.39 is 23.0 Å². The lowest BCUT2D eigenvalue weighted by Crippen LogP contribution is -2.51. The number of aliphatic carboxylic acids is 1. The molecule has 3 N–H and O–H groups in total. The number of nitrogens with zero attached hydrogens (tertiary/aromatic N) is 1. The van der Waals surface area contributed by atoms with E-state index in [1.165, 1.54) is 19.2 Å². The van der Waals surface area contributed by atoms with Crippen molar-refractivity contribution in [2.45, 2.75) is 95.0 Å². The Morgan fingerprint density at radius 1 is 1.02 bits per heavy atom. The Kier molecular flexibility index (Phi) is 6.90. The van der Waals surface area contributed by atoms with E-state index in [0.717, 1.165) is 19.3 Å². The van der Waals surface area contributed by atoms with E-state index in [1.54, 1.807) is 6.92 Å². The summed E-state index contributed by atoms with van der Waals surface area (Å²) in [5.74, 6) is -0.612. The van der Waals surface area contributed by atoms with Crippen LogP contribution >= 0.6 is 0 Å². The Morgan fingerprint density at radius 3 is 2.34 bits per heavy atom. The number of nitrogens with one attached hydrogen (secondary N) is 2. The number of halogens is 1. The second kappa shape index (κ2) is 10.2. The Morgan fingerprint density at radius 2 is 1.73 bits per heavy atom. The summed E-state index contributed by atoms with van der Waals surface area (Å²) >= 11 is 0. The maximum absolute atomic E-state index is 14.4. The lowest BCUT2D eigenvalue weighted by molar-refractivity contribution is -0.150. The van der Waals surface area contributed by atoms with Gasteiger partial charge in [0.1, 0.15) is 23.2 Å². The lowest BCUT2D eigenvalue weighted by Gasteiger charge is -2.34. The zero-order chi connectivity index (χ0) is 29.1. The van der Waals surface area contributed by atoms with Gasteiger partial charge in [-0.05, 0) is 88.5 Å². The molecule has 0 heterocycles. The van der Waals surface area contributed by atoms with Gasteiger partial charge in [-0.15, -0.1) is 0 Å². The third-order valence-electron chi connectivity index (χ3n) is 10.8. The Labute approximate surface area is 239 Å². The molecule has 1 unspecified atom stereocenters. The Bertz CT molecular complexity index is 1300. The summed E-state index contributed by atoms with van der Waals surface area (Å²) in [7, 11) is 1.43. The monoisotopic (exact) mass is 567 g/mol. The third-order valence-corrected chi connectivity index (χ3v) is 10.8. The van der Waals surface area contributed by atoms with Gasteiger partial charge in [-0.1, -0.05) is 0 Å². The maximum Gasteiger partial charge on any atom is 0.309 e. The van der Waals surface area contributed by atoms with Crippen LogP contribution in [0.15, 0.2) is 12.1 Å². The van der Waals surface area contributed by atoms with Gasteiger partial charge in [-0.3, -0.25) is 14.4 Å². The number of alkyl halides is 1. The Balaban J connectivity index is 1.18. The SMILES string of the molecule is COc1cc(C#N)c(O[C@H]2CC[C@@](C)(C(=O)O)CC2)cc1C(=O)N[C@@H]1[C@H]2CC[C@H](C2)[C@@H]1C(=O)NC1CC2(F)CC1C2. The highest BCUT2D eigenvalue weighted by Gasteiger charge is 2.58. The number of carboxylic acid groups (broad SMARTS) is 1. The lowest BCUT2D eigenvalue weighted by atomic mass is 9.75. The number of hydrogen-bond donors (Lipinski definition) is 3. The van der Waals surface area contributed by atoms with Gasteiger partial charge in [0.05, 0.1) is 35.7 Å². The largest absolute Gasteiger partial charge is 0.496 e. The number of carbonyl (C=O) groups is 3. The highest BCUT2D eigenvalue weighted by Crippen LogP contribution is 2.55. The van der Waals surface area contributed by atoms with Crippen LogP contribution in [-0.2, 0) is 9.59 Å². The van der Waals surface area contributed by atoms with Crippen LogP contribution in [0.5, 0.6) is 11.5 Å². The summed E-state index contributed by atoms with van der Waals surface area (Å²) in [6.45, 7) is 1.74. The van der Waals surface area contributed by atoms with Gasteiger partial charge < -0.3 is 25.2 Å². The van der Waals surface area contributed by atoms with E-state index in [0.29, 0.717) is 44.9 Å². The first-order valence-electron chi connectivity index (χ1n) is 14.8. The second-order valence-corrected chi connectivity index (χ2v) is 13.3. The number of nitriles is 1. The minimum absolute atomic E-state index is 0.0925. The topological polar surface area (TPSA) is 138 Å². The number of hydrogen-bond acceptors (Lipinski definition) is 6. The van der Waals surface area contributed by atoms with E-state index >= 15 is 0 Å². The molecular formula is C31H38FN3O6. The van der Waals surface area contributed by atoms with Crippen molar-refractivity contribution in [1.82, 2.24) is 10.6 Å². The summed E-state index contributed by atoms with van der Waals surface area (Å²) in [6.07, 6.45) is 5.87. The number of fused-ring (bicyclic) bond motifs is 3. The second-order valence-electron chi connectivity index (χ2n) is 13.3. The average molecular weight is 568 g/mol. The zero-order valence-corrected chi connectivity index (χ0v) is 23.6. The van der Waals surface area contributed by atoms with Crippen LogP contribution in [0, 0.1) is 40.4 Å². The van der Waals surface area contributed by atoms with Crippen molar-refractivity contribution in [3.8, 4) is 17.6 Å². The molecule has 1 aromatic carbocycles. The van der Waals surface area contributed by atoms with E-state index in [-0.39, 0.29) is 70.4 Å². The number of carboxylic acids is 1. The predicted molar refractivity (Wildman–Crippen MR) is 145 cm³/mol. The van der Waals surface area contributed by atoms with Crippen molar-refractivity contribution in [3.05, 3.63) is 23.3 Å². The highest BCUT2D eigenvalue weighted by molar-refractivity contribution is 5.98. The van der Waals surface area contributed by atoms with E-state index in [9.17, 15) is 29.1 Å². The molecule has 0 aromatic heterocycles. The summed E-state index contributed by atoms with van der Waals surface area (Å²) in [5, 5.41) is 25.5. The maximum atomic E-state index is 14.4. The van der Waals surface area contributed by atoms with Crippen LogP contribution in [-0.4, -0.2) is 53.9 Å². The number of rotatable bonds is 8. The van der Waals surface area contributed by atoms with E-state index in [4.69, 9.17) is 9.47 Å². The number of amides is 2. The van der Waals surface area contributed by atoms with Crippen LogP contribution in [0.1, 0.15) is 87.1 Å². The first-order chi connectivity index (χ1) is 19.5. The summed E-state index contributed by atoms with van der Waals surface area (Å²) in [6, 6.07) is 4.65. The van der Waals surface area contributed by atoms with Crippen molar-refractivity contribution in [3.63, 3.8) is 0 Å². The summed E-state index contributed by atoms with van der Waals surface area (Å²) < 4.78 is 26.1. The summed E-state index contributed by atoms with van der Waals surface area (Å²) in [4.78, 5) is 38.8. The van der Waals surface area contributed by atoms with Gasteiger partial charge in [0.2, 0.25) is 5.91 Å². The standard InChI is InChI=1S/C31H38FN3O6/c1-30(29(38)39)7-5-20(6-8-30)41-23-11-21(24(40-2)10-18(23)15-33)27(36)35-26-17-4-3-16(9-17)25(26)28(37)34-22-14-31(32)12-19(22)13-31/h10-11,16-17,19-20,22,25-26H,3-9,12-14H2,1-2H3,(H,34,37)(H,35,36)(H,38,39)/t16-,17+,19?,20-,22?,25+,26-,30+,31?/m1/s1. The molecule has 5 atom stereocenters. The van der Waals surface area contributed by atoms with Crippen molar-refractivity contribution < 1.29 is 33.4 Å². The first-order valence-corrected chi connectivity index (χ1v) is 14.8. The Hall–Kier alpha value is -3.35. The summed E-state index contributed by atoms with van der Waals surface area (Å²) in [5.41, 5.74) is -1.48. The van der Waals surface area contributed by atoms with Gasteiger partial charge in [0.15, 0.2) is 0 Å². The molecular weight excluding hydrogens is 529 g/mol. The number of methoxy groups -OCH3 is 1. The van der Waals surface area contributed by atoms with Crippen LogP contribution in [0.25, 0.3) is 0 Å². The van der Waals surface area contributed by atoms with Gasteiger partial charge >= 0.3 is 5.97 Å². The van der Waals surface area contributed by atoms with E-state index in [2.05, 4.69) is 16.7 Å². The molecule has 1 aromatic rings. The number of benzene rings is 1. The third kappa shape index (κ3) is 4.91. The van der Waals surface area contributed by atoms with Gasteiger partial charge in [-0.25, -0.2) is 4.39 Å². The van der Waals surface area contributed by atoms with Crippen molar-refractivity contribution >= 4 is 17.8 Å². The highest BCUT2D eigenvalue weighted by atomic mass is 19.1. The molecule has 6 aliphatic carbocycles. The predicted octanol–water partition coefficient (Wildman–Crippen LogP) is 4.13. The molecule has 7 rings (SSSR count). The minimum atomic E-state index is -1.12. The molecule has 9 nitrogen and oxygen atoms in total. The fourth-order valence-corrected chi connectivity index (χ4v) is 8.28. The van der Waals surface area contributed by atoms with Crippen LogP contribution in [0.4, 0.5) is 4.39 Å². The fourth-order valence-electron chi connectivity index (χ4n) is 8.28. The first kappa shape index (κ1) is 27.8. The molecule has 0 saturated heterocycles. The molecule has 0 spiro atoms. The van der Waals surface area contributed by atoms with Crippen molar-refractivity contribution in [2.75, 3.05) is 7.11 Å². The average Bonchev–Trinajstić information content (AvgIpc) is 3.69. The molecule has 6 fully saturated rings. The number of carbonyl (C=O) groups excluding carboxylic acids is 2. The van der Waals surface area contributed by atoms with Gasteiger partial charge in [0, 0.05) is 24.6 Å². The normalized spacial score (nSPS) is 38.4. The van der Waals surface area contributed by atoms with Crippen molar-refractivity contribution in [1.29, 1.82) is 5.26 Å². The molecule has 10 heteroatoms. The molecule has 220 valence electrons. The van der Waals surface area contributed by atoms with Crippen LogP contribution < -0.4 is 20.1 Å². The fraction of sp³-hybridized carbons (Fsp3) is 0.677. The zero-order valence-electron chi connectivity index (χ0n) is 23.6. The van der Waals surface area contributed by atoms with Gasteiger partial charge in [-0.2, -0.15) is 5.26 Å². The smallest absolute Gasteiger partial charge is 0.309 e. The molecule has 41 heavy (non-hydrogen) atoms. The van der Waals surface area contributed by atoms with Crippen molar-refractivity contribution in [2.24, 2.45) is 29.1 Å². The molecule has 6 aliphatic rings. The van der Waals surface area contributed by atoms with Crippen LogP contribution in [0.2, 0.25) is 0 Å². The molecule has 2 amide bonds. The van der Waals surface area contributed by atoms with Crippen LogP contribution in [0.3, 0.4) is 0 Å². The molecule has 4 bridgehead atoms. The molecule has 6 saturated carbocycles. The molecule has 0 radical (unpaired) electrons.